The monoisotopic (exact) mass is 478 g/mol. The minimum absolute atomic E-state index is 0.132. The van der Waals surface area contributed by atoms with E-state index in [0.717, 1.165) is 0 Å². The molecule has 0 aromatic rings. The van der Waals surface area contributed by atoms with Crippen molar-refractivity contribution in [2.24, 2.45) is 17.6 Å². The summed E-state index contributed by atoms with van der Waals surface area (Å²) < 4.78 is 0. The number of carbonyl (C=O) groups is 4. The van der Waals surface area contributed by atoms with Gasteiger partial charge in [-0.25, -0.2) is 4.79 Å². The number of thioether (sulfide) groups is 1. The average Bonchev–Trinajstić information content (AvgIpc) is 2.75. The van der Waals surface area contributed by atoms with E-state index in [1.165, 1.54) is 11.8 Å². The van der Waals surface area contributed by atoms with Crippen LogP contribution in [0.1, 0.15) is 47.0 Å². The highest BCUT2D eigenvalue weighted by molar-refractivity contribution is 7.98. The van der Waals surface area contributed by atoms with Gasteiger partial charge in [-0.3, -0.25) is 14.4 Å². The Morgan fingerprint density at radius 3 is 1.90 bits per heavy atom. The van der Waals surface area contributed by atoms with Gasteiger partial charge in [-0.1, -0.05) is 40.5 Å². The average molecular weight is 479 g/mol. The third-order valence-electron chi connectivity index (χ3n) is 5.35. The van der Waals surface area contributed by atoms with Crippen molar-refractivity contribution in [3.8, 4) is 0 Å². The zero-order valence-corrected chi connectivity index (χ0v) is 20.7. The molecule has 9 nitrogen and oxygen atoms in total. The van der Waals surface area contributed by atoms with Crippen molar-refractivity contribution in [1.29, 1.82) is 0 Å². The Morgan fingerprint density at radius 2 is 1.45 bits per heavy atom. The summed E-state index contributed by atoms with van der Waals surface area (Å²) in [4.78, 5) is 49.6. The van der Waals surface area contributed by atoms with E-state index in [9.17, 15) is 24.3 Å². The molecule has 0 aliphatic carbocycles. The molecule has 6 N–H and O–H groups in total. The minimum atomic E-state index is -1.12. The van der Waals surface area contributed by atoms with E-state index in [1.807, 2.05) is 20.1 Å². The van der Waals surface area contributed by atoms with Crippen LogP contribution in [-0.2, 0) is 19.2 Å². The fourth-order valence-electron chi connectivity index (χ4n) is 2.75. The number of amides is 3. The van der Waals surface area contributed by atoms with Crippen LogP contribution in [0.5, 0.6) is 0 Å². The van der Waals surface area contributed by atoms with Gasteiger partial charge in [0.1, 0.15) is 18.1 Å². The van der Waals surface area contributed by atoms with Gasteiger partial charge in [0, 0.05) is 5.75 Å². The summed E-state index contributed by atoms with van der Waals surface area (Å²) in [5, 5.41) is 17.4. The van der Waals surface area contributed by atoms with Crippen LogP contribution in [0, 0.1) is 11.8 Å². The number of carbonyl (C=O) groups excluding carboxylic acids is 3. The SMILES string of the molecule is CCC(C)C(NC(=O)C(NC(=O)C(CCSC)NC(=O)C(N)CS)C(C)CC)C(=O)O. The predicted octanol–water partition coefficient (Wildman–Crippen LogP) is 0.628. The first-order valence-electron chi connectivity index (χ1n) is 10.5. The quantitative estimate of drug-likeness (QED) is 0.189. The van der Waals surface area contributed by atoms with Gasteiger partial charge in [-0.2, -0.15) is 24.4 Å². The van der Waals surface area contributed by atoms with E-state index in [4.69, 9.17) is 5.73 Å². The molecule has 0 saturated carbocycles. The van der Waals surface area contributed by atoms with Crippen LogP contribution in [0.4, 0.5) is 0 Å². The first-order valence-corrected chi connectivity index (χ1v) is 12.6. The molecule has 11 heteroatoms. The number of nitrogens with two attached hydrogens (primary N) is 1. The van der Waals surface area contributed by atoms with Crippen molar-refractivity contribution in [2.75, 3.05) is 17.8 Å². The van der Waals surface area contributed by atoms with Gasteiger partial charge < -0.3 is 26.8 Å². The number of rotatable bonds is 15. The molecule has 0 saturated heterocycles. The Labute approximate surface area is 194 Å². The smallest absolute Gasteiger partial charge is 0.326 e. The molecular weight excluding hydrogens is 440 g/mol. The molecule has 0 aromatic heterocycles. The van der Waals surface area contributed by atoms with Crippen LogP contribution < -0.4 is 21.7 Å². The van der Waals surface area contributed by atoms with Gasteiger partial charge in [0.15, 0.2) is 0 Å². The van der Waals surface area contributed by atoms with Crippen LogP contribution >= 0.6 is 24.4 Å². The second-order valence-corrected chi connectivity index (χ2v) is 9.06. The number of thiol groups is 1. The lowest BCUT2D eigenvalue weighted by Crippen LogP contribution is -2.59. The fraction of sp³-hybridized carbons (Fsp3) is 0.800. The molecule has 0 spiro atoms. The van der Waals surface area contributed by atoms with Gasteiger partial charge >= 0.3 is 5.97 Å². The molecule has 0 radical (unpaired) electrons. The van der Waals surface area contributed by atoms with E-state index in [0.29, 0.717) is 25.0 Å². The largest absolute Gasteiger partial charge is 0.480 e. The molecule has 0 rings (SSSR count). The van der Waals surface area contributed by atoms with Crippen LogP contribution in [0.25, 0.3) is 0 Å². The van der Waals surface area contributed by atoms with Gasteiger partial charge in [-0.05, 0) is 30.3 Å². The summed E-state index contributed by atoms with van der Waals surface area (Å²) in [7, 11) is 0. The Hall–Kier alpha value is -1.46. The van der Waals surface area contributed by atoms with Crippen LogP contribution in [0.15, 0.2) is 0 Å². The topological polar surface area (TPSA) is 151 Å². The molecule has 0 aromatic carbocycles. The highest BCUT2D eigenvalue weighted by Gasteiger charge is 2.33. The Kier molecular flexibility index (Phi) is 14.6. The molecular formula is C20H38N4O5S2. The second kappa shape index (κ2) is 15.4. The minimum Gasteiger partial charge on any atom is -0.480 e. The molecule has 0 aliphatic rings. The van der Waals surface area contributed by atoms with Gasteiger partial charge in [-0.15, -0.1) is 0 Å². The van der Waals surface area contributed by atoms with Crippen molar-refractivity contribution in [3.63, 3.8) is 0 Å². The molecule has 6 unspecified atom stereocenters. The van der Waals surface area contributed by atoms with E-state index in [2.05, 4.69) is 28.6 Å². The first kappa shape index (κ1) is 29.5. The van der Waals surface area contributed by atoms with E-state index >= 15 is 0 Å². The number of aliphatic carboxylic acids is 1. The number of carboxylic acid groups (broad SMARTS) is 1. The maximum Gasteiger partial charge on any atom is 0.326 e. The lowest BCUT2D eigenvalue weighted by atomic mass is 9.95. The molecule has 180 valence electrons. The van der Waals surface area contributed by atoms with E-state index in [1.54, 1.807) is 13.8 Å². The summed E-state index contributed by atoms with van der Waals surface area (Å²) in [5.41, 5.74) is 5.69. The summed E-state index contributed by atoms with van der Waals surface area (Å²) in [6.45, 7) is 7.26. The van der Waals surface area contributed by atoms with Gasteiger partial charge in [0.25, 0.3) is 0 Å². The molecule has 6 atom stereocenters. The molecule has 0 aliphatic heterocycles. The van der Waals surface area contributed by atoms with E-state index < -0.39 is 47.9 Å². The highest BCUT2D eigenvalue weighted by atomic mass is 32.2. The number of hydrogen-bond donors (Lipinski definition) is 6. The number of nitrogens with one attached hydrogen (secondary N) is 3. The third-order valence-corrected chi connectivity index (χ3v) is 6.38. The summed E-state index contributed by atoms with van der Waals surface area (Å²) in [5.74, 6) is -2.46. The summed E-state index contributed by atoms with van der Waals surface area (Å²) in [6, 6.07) is -3.71. The first-order chi connectivity index (χ1) is 14.5. The van der Waals surface area contributed by atoms with Crippen LogP contribution in [0.2, 0.25) is 0 Å². The third kappa shape index (κ3) is 10.1. The molecule has 0 heterocycles. The predicted molar refractivity (Wildman–Crippen MR) is 127 cm³/mol. The lowest BCUT2D eigenvalue weighted by molar-refractivity contribution is -0.144. The normalized spacial score (nSPS) is 16.9. The zero-order valence-electron chi connectivity index (χ0n) is 19.0. The standard InChI is InChI=1S/C20H38N4O5S2/c1-6-11(3)15(19(27)24-16(20(28)29)12(4)7-2)23-18(26)14(8-9-31-5)22-17(25)13(21)10-30/h11-16,30H,6-10,21H2,1-5H3,(H,22,25)(H,23,26)(H,24,27)(H,28,29). The van der Waals surface area contributed by atoms with Crippen molar-refractivity contribution < 1.29 is 24.3 Å². The highest BCUT2D eigenvalue weighted by Crippen LogP contribution is 2.13. The van der Waals surface area contributed by atoms with Crippen molar-refractivity contribution in [3.05, 3.63) is 0 Å². The maximum absolute atomic E-state index is 12.9. The Bertz CT molecular complexity index is 608. The number of hydrogen-bond acceptors (Lipinski definition) is 7. The van der Waals surface area contributed by atoms with Crippen molar-refractivity contribution in [1.82, 2.24) is 16.0 Å². The van der Waals surface area contributed by atoms with Crippen molar-refractivity contribution >= 4 is 48.1 Å². The lowest BCUT2D eigenvalue weighted by Gasteiger charge is -2.29. The Morgan fingerprint density at radius 1 is 0.935 bits per heavy atom. The van der Waals surface area contributed by atoms with Crippen LogP contribution in [0.3, 0.4) is 0 Å². The molecule has 31 heavy (non-hydrogen) atoms. The fourth-order valence-corrected chi connectivity index (χ4v) is 3.39. The zero-order chi connectivity index (χ0) is 24.1. The van der Waals surface area contributed by atoms with Gasteiger partial charge in [0.05, 0.1) is 6.04 Å². The Balaban J connectivity index is 5.52. The number of carboxylic acids is 1. The molecule has 0 fully saturated rings. The maximum atomic E-state index is 12.9. The van der Waals surface area contributed by atoms with E-state index in [-0.39, 0.29) is 17.6 Å². The van der Waals surface area contributed by atoms with Crippen molar-refractivity contribution in [2.45, 2.75) is 71.1 Å². The summed E-state index contributed by atoms with van der Waals surface area (Å²) in [6.07, 6.45) is 3.40. The molecule has 3 amide bonds. The van der Waals surface area contributed by atoms with Crippen LogP contribution in [-0.4, -0.2) is 70.7 Å². The second-order valence-electron chi connectivity index (χ2n) is 7.71. The molecule has 0 bridgehead atoms. The van der Waals surface area contributed by atoms with Gasteiger partial charge in [0.2, 0.25) is 17.7 Å². The summed E-state index contributed by atoms with van der Waals surface area (Å²) >= 11 is 5.52.